The minimum Gasteiger partial charge on any atom is -0.493 e. The molecule has 2 amide bonds. The van der Waals surface area contributed by atoms with E-state index < -0.39 is 5.60 Å². The number of benzene rings is 1. The summed E-state index contributed by atoms with van der Waals surface area (Å²) in [5, 5.41) is 2.83. The van der Waals surface area contributed by atoms with Crippen LogP contribution < -0.4 is 9.47 Å². The van der Waals surface area contributed by atoms with Gasteiger partial charge in [-0.3, -0.25) is 4.79 Å². The SMILES string of the molecule is COc1cc2c(cc1OC)CN(C(=O)c1csc(C3CCN(C(=O)OC(C)(C)C)CC3)n1)CC2. The molecular weight excluding hydrogens is 454 g/mol. The summed E-state index contributed by atoms with van der Waals surface area (Å²) in [5.41, 5.74) is 2.25. The van der Waals surface area contributed by atoms with E-state index in [9.17, 15) is 9.59 Å². The minimum atomic E-state index is -0.495. The first-order valence-electron chi connectivity index (χ1n) is 11.6. The van der Waals surface area contributed by atoms with Crippen molar-refractivity contribution in [3.8, 4) is 11.5 Å². The molecule has 0 unspecified atom stereocenters. The Kier molecular flexibility index (Phi) is 7.02. The van der Waals surface area contributed by atoms with Crippen molar-refractivity contribution >= 4 is 23.3 Å². The van der Waals surface area contributed by atoms with E-state index in [4.69, 9.17) is 19.2 Å². The van der Waals surface area contributed by atoms with Crippen molar-refractivity contribution in [2.24, 2.45) is 0 Å². The van der Waals surface area contributed by atoms with Crippen molar-refractivity contribution in [2.45, 2.75) is 58.1 Å². The molecule has 1 saturated heterocycles. The van der Waals surface area contributed by atoms with E-state index in [0.29, 0.717) is 43.4 Å². The number of carbonyl (C=O) groups excluding carboxylic acids is 2. The molecule has 1 aromatic heterocycles. The zero-order valence-corrected chi connectivity index (χ0v) is 21.4. The molecule has 0 bridgehead atoms. The molecule has 2 aliphatic rings. The van der Waals surface area contributed by atoms with E-state index in [-0.39, 0.29) is 17.9 Å². The highest BCUT2D eigenvalue weighted by atomic mass is 32.1. The Morgan fingerprint density at radius 2 is 1.65 bits per heavy atom. The van der Waals surface area contributed by atoms with Gasteiger partial charge < -0.3 is 24.0 Å². The summed E-state index contributed by atoms with van der Waals surface area (Å²) in [6, 6.07) is 3.96. The minimum absolute atomic E-state index is 0.0471. The first-order valence-corrected chi connectivity index (χ1v) is 12.5. The number of fused-ring (bicyclic) bond motifs is 1. The first kappa shape index (κ1) is 24.3. The highest BCUT2D eigenvalue weighted by Crippen LogP contribution is 2.34. The molecule has 2 aromatic rings. The van der Waals surface area contributed by atoms with E-state index in [2.05, 4.69) is 0 Å². The molecule has 0 atom stereocenters. The third kappa shape index (κ3) is 5.29. The van der Waals surface area contributed by atoms with Crippen molar-refractivity contribution < 1.29 is 23.8 Å². The number of piperidine rings is 1. The quantitative estimate of drug-likeness (QED) is 0.633. The molecule has 0 spiro atoms. The fraction of sp³-hybridized carbons (Fsp3) is 0.560. The molecule has 2 aliphatic heterocycles. The van der Waals surface area contributed by atoms with Crippen LogP contribution in [0.5, 0.6) is 11.5 Å². The number of amides is 2. The summed E-state index contributed by atoms with van der Waals surface area (Å²) in [5.74, 6) is 1.59. The second kappa shape index (κ2) is 9.82. The molecule has 9 heteroatoms. The van der Waals surface area contributed by atoms with Gasteiger partial charge in [-0.1, -0.05) is 0 Å². The van der Waals surface area contributed by atoms with E-state index in [1.54, 1.807) is 19.1 Å². The smallest absolute Gasteiger partial charge is 0.410 e. The molecule has 8 nitrogen and oxygen atoms in total. The number of nitrogens with zero attached hydrogens (tertiary/aromatic N) is 3. The summed E-state index contributed by atoms with van der Waals surface area (Å²) in [4.78, 5) is 33.8. The third-order valence-electron chi connectivity index (χ3n) is 6.24. The van der Waals surface area contributed by atoms with Crippen LogP contribution >= 0.6 is 11.3 Å². The van der Waals surface area contributed by atoms with Crippen LogP contribution in [0, 0.1) is 0 Å². The topological polar surface area (TPSA) is 81.2 Å². The van der Waals surface area contributed by atoms with Gasteiger partial charge in [-0.15, -0.1) is 11.3 Å². The standard InChI is InChI=1S/C25H33N3O5S/c1-25(2,3)33-24(30)27-9-6-16(7-10-27)22-26-19(15-34-22)23(29)28-11-8-17-12-20(31-4)21(32-5)13-18(17)14-28/h12-13,15-16H,6-11,14H2,1-5H3. The van der Waals surface area contributed by atoms with Crippen molar-refractivity contribution in [1.29, 1.82) is 0 Å². The second-order valence-electron chi connectivity index (χ2n) is 9.77. The van der Waals surface area contributed by atoms with Gasteiger partial charge >= 0.3 is 6.09 Å². The van der Waals surface area contributed by atoms with Crippen molar-refractivity contribution in [1.82, 2.24) is 14.8 Å². The van der Waals surface area contributed by atoms with E-state index in [1.807, 2.05) is 43.2 Å². The predicted octanol–water partition coefficient (Wildman–Crippen LogP) is 4.47. The van der Waals surface area contributed by atoms with Crippen molar-refractivity contribution in [2.75, 3.05) is 33.9 Å². The fourth-order valence-corrected chi connectivity index (χ4v) is 5.39. The number of likely N-dealkylation sites (tertiary alicyclic amines) is 1. The van der Waals surface area contributed by atoms with Crippen LogP contribution in [-0.2, 0) is 17.7 Å². The van der Waals surface area contributed by atoms with Gasteiger partial charge in [-0.05, 0) is 63.3 Å². The van der Waals surface area contributed by atoms with Gasteiger partial charge in [0.15, 0.2) is 11.5 Å². The number of ether oxygens (including phenoxy) is 3. The van der Waals surface area contributed by atoms with Gasteiger partial charge in [-0.2, -0.15) is 0 Å². The normalized spacial score (nSPS) is 16.7. The Morgan fingerprint density at radius 3 is 2.26 bits per heavy atom. The molecule has 184 valence electrons. The summed E-state index contributed by atoms with van der Waals surface area (Å²) >= 11 is 1.53. The lowest BCUT2D eigenvalue weighted by molar-refractivity contribution is 0.0204. The van der Waals surface area contributed by atoms with E-state index in [1.165, 1.54) is 16.9 Å². The first-order chi connectivity index (χ1) is 16.2. The summed E-state index contributed by atoms with van der Waals surface area (Å²) < 4.78 is 16.3. The third-order valence-corrected chi connectivity index (χ3v) is 7.25. The summed E-state index contributed by atoms with van der Waals surface area (Å²) in [6.07, 6.45) is 2.14. The summed E-state index contributed by atoms with van der Waals surface area (Å²) in [6.45, 7) is 8.06. The number of carbonyl (C=O) groups is 2. The lowest BCUT2D eigenvalue weighted by atomic mass is 9.97. The zero-order valence-electron chi connectivity index (χ0n) is 20.6. The Bertz CT molecular complexity index is 1050. The largest absolute Gasteiger partial charge is 0.493 e. The van der Waals surface area contributed by atoms with Crippen LogP contribution in [0.4, 0.5) is 4.79 Å². The molecule has 0 saturated carbocycles. The van der Waals surface area contributed by atoms with Gasteiger partial charge in [0.25, 0.3) is 5.91 Å². The monoisotopic (exact) mass is 487 g/mol. The average Bonchev–Trinajstić information content (AvgIpc) is 3.31. The maximum absolute atomic E-state index is 13.2. The number of thiazole rings is 1. The molecule has 1 aromatic carbocycles. The Hall–Kier alpha value is -2.81. The van der Waals surface area contributed by atoms with Crippen LogP contribution in [0.25, 0.3) is 0 Å². The molecule has 1 fully saturated rings. The Labute approximate surface area is 204 Å². The number of methoxy groups -OCH3 is 2. The average molecular weight is 488 g/mol. The summed E-state index contributed by atoms with van der Waals surface area (Å²) in [7, 11) is 3.24. The van der Waals surface area contributed by atoms with Crippen LogP contribution in [0.15, 0.2) is 17.5 Å². The van der Waals surface area contributed by atoms with Crippen molar-refractivity contribution in [3.05, 3.63) is 39.3 Å². The van der Waals surface area contributed by atoms with Gasteiger partial charge in [0.1, 0.15) is 11.3 Å². The van der Waals surface area contributed by atoms with Crippen LogP contribution in [0.2, 0.25) is 0 Å². The number of aromatic nitrogens is 1. The molecule has 0 N–H and O–H groups in total. The maximum Gasteiger partial charge on any atom is 0.410 e. The highest BCUT2D eigenvalue weighted by molar-refractivity contribution is 7.09. The second-order valence-corrected chi connectivity index (χ2v) is 10.7. The Morgan fingerprint density at radius 1 is 1.00 bits per heavy atom. The zero-order chi connectivity index (χ0) is 24.5. The molecular formula is C25H33N3O5S. The van der Waals surface area contributed by atoms with E-state index >= 15 is 0 Å². The molecule has 3 heterocycles. The molecule has 0 aliphatic carbocycles. The Balaban J connectivity index is 1.38. The number of hydrogen-bond acceptors (Lipinski definition) is 7. The van der Waals surface area contributed by atoms with Gasteiger partial charge in [0.2, 0.25) is 0 Å². The highest BCUT2D eigenvalue weighted by Gasteiger charge is 2.30. The molecule has 4 rings (SSSR count). The molecule has 34 heavy (non-hydrogen) atoms. The lowest BCUT2D eigenvalue weighted by Crippen LogP contribution is -2.41. The number of hydrogen-bond donors (Lipinski definition) is 0. The van der Waals surface area contributed by atoms with Crippen LogP contribution in [0.3, 0.4) is 0 Å². The lowest BCUT2D eigenvalue weighted by Gasteiger charge is -2.32. The predicted molar refractivity (Wildman–Crippen MR) is 130 cm³/mol. The van der Waals surface area contributed by atoms with Gasteiger partial charge in [-0.25, -0.2) is 9.78 Å². The maximum atomic E-state index is 13.2. The van der Waals surface area contributed by atoms with Crippen LogP contribution in [0.1, 0.15) is 66.2 Å². The van der Waals surface area contributed by atoms with Gasteiger partial charge in [0, 0.05) is 37.5 Å². The van der Waals surface area contributed by atoms with Gasteiger partial charge in [0.05, 0.1) is 19.2 Å². The molecule has 0 radical (unpaired) electrons. The van der Waals surface area contributed by atoms with E-state index in [0.717, 1.165) is 29.8 Å². The van der Waals surface area contributed by atoms with Crippen molar-refractivity contribution in [3.63, 3.8) is 0 Å². The number of rotatable bonds is 4. The fourth-order valence-electron chi connectivity index (χ4n) is 4.43. The van der Waals surface area contributed by atoms with Crippen LogP contribution in [-0.4, -0.2) is 66.2 Å².